The number of likely N-dealkylation sites (N-methyl/N-ethyl adjacent to an activating group) is 1. The van der Waals surface area contributed by atoms with Gasteiger partial charge in [-0.2, -0.15) is 11.8 Å². The molecule has 0 saturated heterocycles. The molecule has 1 amide bonds. The van der Waals surface area contributed by atoms with Crippen molar-refractivity contribution in [2.24, 2.45) is 7.05 Å². The number of rotatable bonds is 11. The first-order valence-corrected chi connectivity index (χ1v) is 13.5. The second-order valence-corrected chi connectivity index (χ2v) is 10.5. The van der Waals surface area contributed by atoms with Crippen molar-refractivity contribution in [2.75, 3.05) is 19.3 Å². The van der Waals surface area contributed by atoms with Crippen LogP contribution < -0.4 is 10.7 Å². The number of fused-ring (bicyclic) bond motifs is 1. The highest BCUT2D eigenvalue weighted by molar-refractivity contribution is 7.98. The summed E-state index contributed by atoms with van der Waals surface area (Å²) in [7, 11) is 3.63. The first-order chi connectivity index (χ1) is 17.8. The monoisotopic (exact) mass is 539 g/mol. The van der Waals surface area contributed by atoms with Gasteiger partial charge in [0, 0.05) is 42.9 Å². The Bertz CT molecular complexity index is 1400. The smallest absolute Gasteiger partial charge is 0.257 e. The summed E-state index contributed by atoms with van der Waals surface area (Å²) in [5.74, 6) is 1.61. The summed E-state index contributed by atoms with van der Waals surface area (Å²) in [6, 6.07) is 19.0. The highest BCUT2D eigenvalue weighted by Crippen LogP contribution is 2.19. The molecular formula is C28H30ClN3O4S. The number of aryl methyl sites for hydroxylation is 1. The van der Waals surface area contributed by atoms with Gasteiger partial charge >= 0.3 is 0 Å². The minimum atomic E-state index is -0.495. The van der Waals surface area contributed by atoms with Crippen LogP contribution in [0.3, 0.4) is 0 Å². The first-order valence-electron chi connectivity index (χ1n) is 11.9. The number of aliphatic hydroxyl groups is 1. The van der Waals surface area contributed by atoms with E-state index in [0.717, 1.165) is 11.3 Å². The number of nitrogens with zero attached hydrogens (tertiary/aromatic N) is 2. The molecular weight excluding hydrogens is 510 g/mol. The second-order valence-electron chi connectivity index (χ2n) is 9.07. The molecule has 2 aromatic carbocycles. The van der Waals surface area contributed by atoms with Gasteiger partial charge in [0.25, 0.3) is 5.91 Å². The van der Waals surface area contributed by atoms with Crippen LogP contribution in [-0.4, -0.2) is 45.9 Å². The minimum Gasteiger partial charge on any atom is -0.443 e. The molecule has 1 unspecified atom stereocenters. The molecule has 0 saturated carbocycles. The molecule has 2 N–H and O–H groups in total. The number of amides is 1. The fraction of sp³-hybridized carbons (Fsp3) is 0.286. The Morgan fingerprint density at radius 2 is 1.89 bits per heavy atom. The molecule has 1 atom stereocenters. The van der Waals surface area contributed by atoms with Gasteiger partial charge in [0.1, 0.15) is 11.3 Å². The zero-order valence-corrected chi connectivity index (χ0v) is 22.4. The topological polar surface area (TPSA) is 87.7 Å². The van der Waals surface area contributed by atoms with Crippen LogP contribution in [0.15, 0.2) is 76.1 Å². The average Bonchev–Trinajstić information content (AvgIpc) is 3.31. The molecule has 0 aliphatic carbocycles. The summed E-state index contributed by atoms with van der Waals surface area (Å²) >= 11 is 7.60. The van der Waals surface area contributed by atoms with Crippen molar-refractivity contribution in [3.8, 4) is 0 Å². The molecule has 0 bridgehead atoms. The summed E-state index contributed by atoms with van der Waals surface area (Å²) in [6.07, 6.45) is 0.997. The lowest BCUT2D eigenvalue weighted by atomic mass is 10.2. The molecule has 194 valence electrons. The number of carbonyl (C=O) groups excluding carboxylic acids is 1. The Balaban J connectivity index is 1.36. The Labute approximate surface area is 225 Å². The maximum absolute atomic E-state index is 13.1. The van der Waals surface area contributed by atoms with Gasteiger partial charge in [-0.1, -0.05) is 54.1 Å². The Morgan fingerprint density at radius 1 is 1.16 bits per heavy atom. The van der Waals surface area contributed by atoms with Crippen LogP contribution in [0.25, 0.3) is 11.1 Å². The van der Waals surface area contributed by atoms with Crippen LogP contribution in [-0.2, 0) is 25.9 Å². The third kappa shape index (κ3) is 7.26. The largest absolute Gasteiger partial charge is 0.443 e. The number of aromatic nitrogens is 1. The molecule has 2 heterocycles. The number of furan rings is 1. The van der Waals surface area contributed by atoms with E-state index in [1.54, 1.807) is 41.6 Å². The van der Waals surface area contributed by atoms with E-state index in [9.17, 15) is 14.7 Å². The van der Waals surface area contributed by atoms with Crippen molar-refractivity contribution in [1.29, 1.82) is 0 Å². The molecule has 0 spiro atoms. The van der Waals surface area contributed by atoms with Crippen molar-refractivity contribution in [3.63, 3.8) is 0 Å². The molecule has 9 heteroatoms. The molecule has 0 aliphatic heterocycles. The number of aliphatic hydroxyl groups excluding tert-OH is 1. The fourth-order valence-electron chi connectivity index (χ4n) is 4.06. The lowest BCUT2D eigenvalue weighted by Gasteiger charge is -2.19. The van der Waals surface area contributed by atoms with E-state index in [1.807, 2.05) is 42.3 Å². The van der Waals surface area contributed by atoms with E-state index in [2.05, 4.69) is 17.4 Å². The van der Waals surface area contributed by atoms with Crippen LogP contribution in [0.1, 0.15) is 27.2 Å². The molecule has 37 heavy (non-hydrogen) atoms. The summed E-state index contributed by atoms with van der Waals surface area (Å²) in [4.78, 5) is 27.8. The number of benzene rings is 2. The van der Waals surface area contributed by atoms with Crippen molar-refractivity contribution in [1.82, 2.24) is 14.8 Å². The van der Waals surface area contributed by atoms with Gasteiger partial charge in [0.15, 0.2) is 0 Å². The van der Waals surface area contributed by atoms with Crippen LogP contribution in [0.2, 0.25) is 5.02 Å². The molecule has 7 nitrogen and oxygen atoms in total. The number of pyridine rings is 1. The zero-order chi connectivity index (χ0) is 26.4. The van der Waals surface area contributed by atoms with Crippen molar-refractivity contribution < 1.29 is 14.3 Å². The van der Waals surface area contributed by atoms with E-state index < -0.39 is 12.0 Å². The van der Waals surface area contributed by atoms with Crippen molar-refractivity contribution >= 4 is 40.4 Å². The number of halogens is 1. The molecule has 4 aromatic rings. The molecule has 4 rings (SSSR count). The predicted octanol–water partition coefficient (Wildman–Crippen LogP) is 4.44. The number of carbonyl (C=O) groups is 1. The van der Waals surface area contributed by atoms with Gasteiger partial charge in [-0.25, -0.2) is 0 Å². The van der Waals surface area contributed by atoms with Gasteiger partial charge < -0.3 is 19.4 Å². The number of hydrogen-bond donors (Lipinski definition) is 2. The second kappa shape index (κ2) is 12.5. The number of hydrogen-bond acceptors (Lipinski definition) is 6. The van der Waals surface area contributed by atoms with Crippen LogP contribution >= 0.6 is 23.4 Å². The van der Waals surface area contributed by atoms with Gasteiger partial charge in [-0.3, -0.25) is 14.5 Å². The Kier molecular flexibility index (Phi) is 9.10. The maximum Gasteiger partial charge on any atom is 0.257 e. The predicted molar refractivity (Wildman–Crippen MR) is 149 cm³/mol. The van der Waals surface area contributed by atoms with E-state index in [-0.39, 0.29) is 17.5 Å². The van der Waals surface area contributed by atoms with Gasteiger partial charge in [0.05, 0.1) is 18.0 Å². The number of nitrogens with one attached hydrogen (secondary N) is 1. The summed E-state index contributed by atoms with van der Waals surface area (Å²) in [5, 5.41) is 14.2. The third-order valence-electron chi connectivity index (χ3n) is 5.88. The van der Waals surface area contributed by atoms with Gasteiger partial charge in [0.2, 0.25) is 11.1 Å². The van der Waals surface area contributed by atoms with Gasteiger partial charge in [-0.05, 0) is 36.4 Å². The molecule has 0 fully saturated rings. The van der Waals surface area contributed by atoms with E-state index in [1.165, 1.54) is 11.8 Å². The normalized spacial score (nSPS) is 12.2. The van der Waals surface area contributed by atoms with E-state index >= 15 is 0 Å². The molecule has 2 aromatic heterocycles. The lowest BCUT2D eigenvalue weighted by molar-refractivity contribution is 0.0949. The van der Waals surface area contributed by atoms with Gasteiger partial charge in [-0.15, -0.1) is 0 Å². The third-order valence-corrected chi connectivity index (χ3v) is 7.29. The molecule has 0 aliphatic rings. The SMILES string of the molecule is CN(Cc1cc2c(=O)c(C(=O)NCc3ccc(Cl)cc3)cn(C)c2o1)CC(O)CSCc1ccccc1. The Hall–Kier alpha value is -3.04. The minimum absolute atomic E-state index is 0.0514. The van der Waals surface area contributed by atoms with Crippen LogP contribution in [0.5, 0.6) is 0 Å². The zero-order valence-electron chi connectivity index (χ0n) is 20.8. The van der Waals surface area contributed by atoms with Crippen LogP contribution in [0.4, 0.5) is 0 Å². The maximum atomic E-state index is 13.1. The van der Waals surface area contributed by atoms with E-state index in [0.29, 0.717) is 40.7 Å². The highest BCUT2D eigenvalue weighted by Gasteiger charge is 2.19. The molecule has 0 radical (unpaired) electrons. The highest BCUT2D eigenvalue weighted by atomic mass is 35.5. The Morgan fingerprint density at radius 3 is 2.62 bits per heavy atom. The number of thioether (sulfide) groups is 1. The summed E-state index contributed by atoms with van der Waals surface area (Å²) in [5.41, 5.74) is 2.19. The fourth-order valence-corrected chi connectivity index (χ4v) is 5.11. The first kappa shape index (κ1) is 27.0. The average molecular weight is 540 g/mol. The van der Waals surface area contributed by atoms with Crippen molar-refractivity contribution in [2.45, 2.75) is 24.9 Å². The summed E-state index contributed by atoms with van der Waals surface area (Å²) in [6.45, 7) is 1.17. The quantitative estimate of drug-likeness (QED) is 0.293. The van der Waals surface area contributed by atoms with Crippen LogP contribution in [0, 0.1) is 0 Å². The van der Waals surface area contributed by atoms with Crippen molar-refractivity contribution in [3.05, 3.63) is 105 Å². The lowest BCUT2D eigenvalue weighted by Crippen LogP contribution is -2.30. The summed E-state index contributed by atoms with van der Waals surface area (Å²) < 4.78 is 7.58. The standard InChI is InChI=1S/C28H30ClN3O4S/c1-31(14-22(33)18-37-17-20-6-4-3-5-7-20)15-23-12-24-26(34)25(16-32(2)28(24)36-23)27(35)30-13-19-8-10-21(29)11-9-19/h3-12,16,22,33H,13-15,17-18H2,1-2H3,(H,30,35). The van der Waals surface area contributed by atoms with E-state index in [4.69, 9.17) is 16.0 Å².